The van der Waals surface area contributed by atoms with Gasteiger partial charge in [-0.15, -0.1) is 0 Å². The van der Waals surface area contributed by atoms with Crippen LogP contribution >= 0.6 is 0 Å². The fourth-order valence-corrected chi connectivity index (χ4v) is 0. The van der Waals surface area contributed by atoms with Gasteiger partial charge in [-0.2, -0.15) is 0 Å². The third-order valence-corrected chi connectivity index (χ3v) is 0. The van der Waals surface area contributed by atoms with E-state index in [4.69, 9.17) is 8.30 Å². The van der Waals surface area contributed by atoms with Crippen molar-refractivity contribution in [3.05, 3.63) is 0 Å². The van der Waals surface area contributed by atoms with E-state index in [2.05, 4.69) is 0 Å². The van der Waals surface area contributed by atoms with Gasteiger partial charge in [0.2, 0.25) is 10.1 Å². The Balaban J connectivity index is 0. The average molecular weight is 118 g/mol. The fraction of sp³-hybridized carbons (Fsp3) is 0. The summed E-state index contributed by atoms with van der Waals surface area (Å²) >= 11 is 2.00. The van der Waals surface area contributed by atoms with Crippen LogP contribution in [0.3, 0.4) is 0 Å². The van der Waals surface area contributed by atoms with Gasteiger partial charge in [0.1, 0.15) is 0 Å². The van der Waals surface area contributed by atoms with Crippen molar-refractivity contribution in [2.24, 2.45) is 0 Å². The molecular weight excluding hydrogens is 116 g/mol. The topological polar surface area (TPSA) is 34.1 Å². The van der Waals surface area contributed by atoms with E-state index in [1.54, 1.807) is 0 Å². The molecule has 0 saturated carbocycles. The van der Waals surface area contributed by atoms with Crippen molar-refractivity contribution in [3.63, 3.8) is 0 Å². The van der Waals surface area contributed by atoms with Crippen molar-refractivity contribution < 1.29 is 24.2 Å². The second-order valence-corrected chi connectivity index (χ2v) is 0. The van der Waals surface area contributed by atoms with Crippen molar-refractivity contribution in [1.29, 1.82) is 0 Å². The summed E-state index contributed by atoms with van der Waals surface area (Å²) < 4.78 is 16.3. The van der Waals surface area contributed by atoms with Crippen molar-refractivity contribution in [2.45, 2.75) is 0 Å². The van der Waals surface area contributed by atoms with Crippen molar-refractivity contribution in [2.75, 3.05) is 0 Å². The zero-order valence-electron chi connectivity index (χ0n) is 1.88. The third kappa shape index (κ3) is 36.9. The number of rotatable bonds is 0. The summed E-state index contributed by atoms with van der Waals surface area (Å²) in [6, 6.07) is 0. The molecule has 0 aliphatic heterocycles. The molecule has 0 rings (SSSR count). The van der Waals surface area contributed by atoms with Gasteiger partial charge >= 0.3 is 19.8 Å². The molecule has 0 saturated heterocycles. The second kappa shape index (κ2) is 161. The van der Waals surface area contributed by atoms with Crippen molar-refractivity contribution >= 4 is 10.1 Å². The van der Waals surface area contributed by atoms with Crippen LogP contribution in [-0.4, -0.2) is 10.1 Å². The van der Waals surface area contributed by atoms with E-state index in [0.717, 1.165) is 0 Å². The average Bonchev–Trinajstić information content (AvgIpc) is 1.50. The molecule has 0 aromatic carbocycles. The molecule has 2 nitrogen and oxygen atoms in total. The molecule has 0 aromatic rings. The van der Waals surface area contributed by atoms with E-state index in [9.17, 15) is 0 Å². The molecule has 0 aromatic heterocycles. The van der Waals surface area contributed by atoms with E-state index in [1.165, 1.54) is 0 Å². The van der Waals surface area contributed by atoms with E-state index in [-0.39, 0.29) is 0 Å². The molecule has 0 heterocycles. The summed E-state index contributed by atoms with van der Waals surface area (Å²) in [6.07, 6.45) is 0. The monoisotopic (exact) mass is 118 g/mol. The van der Waals surface area contributed by atoms with Gasteiger partial charge in [-0.3, -0.25) is 0 Å². The first-order valence-corrected chi connectivity index (χ1v) is 1.46. The molecule has 0 radical (unpaired) electrons. The predicted molar refractivity (Wildman–Crippen MR) is 9.92 cm³/mol. The first kappa shape index (κ1) is 8.84. The Morgan fingerprint density at radius 2 is 1.25 bits per heavy atom. The zero-order valence-corrected chi connectivity index (χ0v) is 4.40. The molecule has 0 N–H and O–H groups in total. The van der Waals surface area contributed by atoms with Gasteiger partial charge in [-0.1, -0.05) is 0 Å². The molecule has 0 bridgehead atoms. The molecule has 0 aliphatic carbocycles. The Labute approximate surface area is 35.1 Å². The Morgan fingerprint density at radius 1 is 1.25 bits per heavy atom. The minimum absolute atomic E-state index is 0.611. The predicted octanol–water partition coefficient (Wildman–Crippen LogP) is -1.16. The van der Waals surface area contributed by atoms with Crippen molar-refractivity contribution in [3.8, 4) is 0 Å². The standard InChI is InChI=1S/Fe.H2OSi.O/c;1-2;/h;2H2;. The van der Waals surface area contributed by atoms with Gasteiger partial charge in [0.05, 0.1) is 0 Å². The van der Waals surface area contributed by atoms with Gasteiger partial charge in [-0.05, 0) is 0 Å². The molecule has 4 heavy (non-hydrogen) atoms. The summed E-state index contributed by atoms with van der Waals surface area (Å²) in [6.45, 7) is 0. The van der Waals surface area contributed by atoms with Gasteiger partial charge < -0.3 is 4.46 Å². The van der Waals surface area contributed by atoms with E-state index in [0.29, 0.717) is 10.1 Å². The summed E-state index contributed by atoms with van der Waals surface area (Å²) in [5.74, 6) is 0. The van der Waals surface area contributed by atoms with Gasteiger partial charge in [0, 0.05) is 0 Å². The Kier molecular flexibility index (Phi) is 356. The zero-order chi connectivity index (χ0) is 4.00. The molecule has 0 atom stereocenters. The van der Waals surface area contributed by atoms with Gasteiger partial charge in [0.25, 0.3) is 0 Å². The van der Waals surface area contributed by atoms with Crippen LogP contribution in [0.25, 0.3) is 0 Å². The SMILES string of the molecule is O=[SiH2].[O]=[Fe]. The van der Waals surface area contributed by atoms with Gasteiger partial charge in [-0.25, -0.2) is 0 Å². The molecule has 0 unspecified atom stereocenters. The minimum atomic E-state index is 0.611. The quantitative estimate of drug-likeness (QED) is 0.376. The Bertz CT molecular complexity index is 8.00. The first-order valence-electron chi connectivity index (χ1n) is 0.433. The van der Waals surface area contributed by atoms with Crippen LogP contribution in [0.5, 0.6) is 0 Å². The van der Waals surface area contributed by atoms with Crippen LogP contribution in [0.2, 0.25) is 0 Å². The third-order valence-electron chi connectivity index (χ3n) is 0. The summed E-state index contributed by atoms with van der Waals surface area (Å²) in [7, 11) is 0.611. The maximum atomic E-state index is 8.28. The molecule has 0 aliphatic rings. The first-order chi connectivity index (χ1) is 2.00. The van der Waals surface area contributed by atoms with Crippen LogP contribution in [0.4, 0.5) is 0 Å². The van der Waals surface area contributed by atoms with E-state index >= 15 is 0 Å². The number of hydrogen-bond acceptors (Lipinski definition) is 2. The van der Waals surface area contributed by atoms with Crippen LogP contribution in [-0.2, 0) is 24.2 Å². The Morgan fingerprint density at radius 3 is 1.25 bits per heavy atom. The van der Waals surface area contributed by atoms with Crippen LogP contribution in [0.1, 0.15) is 0 Å². The molecule has 4 heteroatoms. The molecule has 0 amide bonds. The summed E-state index contributed by atoms with van der Waals surface area (Å²) in [4.78, 5) is 0. The molecule has 0 fully saturated rings. The summed E-state index contributed by atoms with van der Waals surface area (Å²) in [5.41, 5.74) is 0. The fourth-order valence-electron chi connectivity index (χ4n) is 0. The van der Waals surface area contributed by atoms with Crippen molar-refractivity contribution in [1.82, 2.24) is 0 Å². The molecule has 0 spiro atoms. The van der Waals surface area contributed by atoms with E-state index in [1.807, 2.05) is 15.9 Å². The van der Waals surface area contributed by atoms with Crippen LogP contribution < -0.4 is 0 Å². The van der Waals surface area contributed by atoms with E-state index < -0.39 is 0 Å². The number of hydrogen-bond donors (Lipinski definition) is 0. The van der Waals surface area contributed by atoms with Crippen LogP contribution in [0.15, 0.2) is 0 Å². The maximum absolute atomic E-state index is 8.28. The summed E-state index contributed by atoms with van der Waals surface area (Å²) in [5, 5.41) is 0. The van der Waals surface area contributed by atoms with Crippen LogP contribution in [0, 0.1) is 0 Å². The normalized spacial score (nSPS) is 2.25. The Hall–Kier alpha value is 0.336. The van der Waals surface area contributed by atoms with Gasteiger partial charge in [0.15, 0.2) is 0 Å². The second-order valence-electron chi connectivity index (χ2n) is 0. The molecule has 26 valence electrons. The molecular formula is H2FeO2Si.